The molecule has 0 N–H and O–H groups in total. The van der Waals surface area contributed by atoms with Crippen LogP contribution in [0.2, 0.25) is 3.12 Å². The molecule has 25 heavy (non-hydrogen) atoms. The normalized spacial score (nSPS) is 22.6. The van der Waals surface area contributed by atoms with Gasteiger partial charge in [-0.05, 0) is 0 Å². The second kappa shape index (κ2) is 7.20. The number of rotatable bonds is 6. The van der Waals surface area contributed by atoms with Crippen LogP contribution in [0, 0.1) is 0 Å². The first-order valence-corrected chi connectivity index (χ1v) is 10.6. The van der Waals surface area contributed by atoms with E-state index < -0.39 is 0 Å². The molecule has 0 saturated carbocycles. The van der Waals surface area contributed by atoms with Gasteiger partial charge in [-0.15, -0.1) is 0 Å². The molecule has 1 heteroatoms. The third-order valence-corrected chi connectivity index (χ3v) is 7.05. The molecule has 0 fully saturated rings. The number of fused-ring (bicyclic) bond motifs is 2. The van der Waals surface area contributed by atoms with Crippen molar-refractivity contribution in [2.45, 2.75) is 47.6 Å². The summed E-state index contributed by atoms with van der Waals surface area (Å²) in [6, 6.07) is 17.7. The quantitative estimate of drug-likeness (QED) is 0.491. The van der Waals surface area contributed by atoms with Gasteiger partial charge < -0.3 is 0 Å². The third-order valence-electron chi connectivity index (χ3n) is 5.82. The summed E-state index contributed by atoms with van der Waals surface area (Å²) in [6.07, 6.45) is 14.7. The molecular weight excluding hydrogens is 379 g/mol. The Balaban J connectivity index is 1.33. The molecule has 125 valence electrons. The Morgan fingerprint density at radius 3 is 1.68 bits per heavy atom. The first-order chi connectivity index (χ1) is 12.1. The van der Waals surface area contributed by atoms with Gasteiger partial charge >= 0.3 is 167 Å². The molecule has 0 radical (unpaired) electrons. The molecule has 2 unspecified atom stereocenters. The fourth-order valence-electron chi connectivity index (χ4n) is 4.22. The average molecular weight is 405 g/mol. The Labute approximate surface area is 166 Å². The maximum absolute atomic E-state index is 2.49. The topological polar surface area (TPSA) is 0 Å². The van der Waals surface area contributed by atoms with Crippen molar-refractivity contribution in [3.63, 3.8) is 0 Å². The minimum absolute atomic E-state index is 0.490. The van der Waals surface area contributed by atoms with Gasteiger partial charge in [0.25, 0.3) is 0 Å². The summed E-state index contributed by atoms with van der Waals surface area (Å²) in [4.78, 5) is 0. The van der Waals surface area contributed by atoms with Gasteiger partial charge in [0.15, 0.2) is 0 Å². The maximum atomic E-state index is 2.49. The number of hydrogen-bond acceptors (Lipinski definition) is 0. The summed E-state index contributed by atoms with van der Waals surface area (Å²) in [5.74, 6) is 1.26. The van der Waals surface area contributed by atoms with Gasteiger partial charge in [0.05, 0.1) is 0 Å². The van der Waals surface area contributed by atoms with Gasteiger partial charge in [-0.1, -0.05) is 0 Å². The second-order valence-corrected chi connectivity index (χ2v) is 10.8. The number of hydrogen-bond donors (Lipinski definition) is 0. The van der Waals surface area contributed by atoms with Crippen LogP contribution < -0.4 is 0 Å². The SMILES string of the molecule is C[C]([Zr])(CCC1C=Cc2ccccc21)CCC1C=Cc2ccccc21. The van der Waals surface area contributed by atoms with E-state index in [-0.39, 0.29) is 0 Å². The van der Waals surface area contributed by atoms with E-state index in [1.165, 1.54) is 47.9 Å². The van der Waals surface area contributed by atoms with E-state index in [4.69, 9.17) is 0 Å². The standard InChI is InChI=1S/C24H25.Zr/c1-18(10-12-21-16-14-19-6-2-4-8-23(19)21)11-13-22-17-15-20-7-3-5-9-24(20)22;/h2-9,14-17,21-22H,10-13H2,1H3;. The van der Waals surface area contributed by atoms with Crippen molar-refractivity contribution < 1.29 is 24.7 Å². The van der Waals surface area contributed by atoms with Gasteiger partial charge in [0, 0.05) is 0 Å². The predicted molar refractivity (Wildman–Crippen MR) is 103 cm³/mol. The molecule has 0 saturated heterocycles. The van der Waals surface area contributed by atoms with Crippen LogP contribution >= 0.6 is 0 Å². The molecule has 4 rings (SSSR count). The number of benzene rings is 2. The molecule has 0 aliphatic heterocycles. The Bertz CT molecular complexity index is 745. The summed E-state index contributed by atoms with van der Waals surface area (Å²) in [5, 5.41) is 0. The fourth-order valence-corrected chi connectivity index (χ4v) is 4.93. The fraction of sp³-hybridized carbons (Fsp3) is 0.333. The summed E-state index contributed by atoms with van der Waals surface area (Å²) in [5.41, 5.74) is 5.90. The molecule has 0 aromatic heterocycles. The van der Waals surface area contributed by atoms with Crippen LogP contribution in [0.1, 0.15) is 66.7 Å². The van der Waals surface area contributed by atoms with Crippen LogP contribution in [0.3, 0.4) is 0 Å². The molecule has 0 heterocycles. The first kappa shape index (κ1) is 17.2. The van der Waals surface area contributed by atoms with Crippen molar-refractivity contribution in [3.05, 3.63) is 82.9 Å². The molecule has 0 bridgehead atoms. The zero-order valence-corrected chi connectivity index (χ0v) is 17.4. The minimum atomic E-state index is 0.490. The van der Waals surface area contributed by atoms with Crippen molar-refractivity contribution in [2.24, 2.45) is 0 Å². The van der Waals surface area contributed by atoms with Gasteiger partial charge in [-0.2, -0.15) is 0 Å². The van der Waals surface area contributed by atoms with Crippen molar-refractivity contribution in [2.75, 3.05) is 0 Å². The van der Waals surface area contributed by atoms with E-state index in [1.54, 1.807) is 24.7 Å². The van der Waals surface area contributed by atoms with Crippen molar-refractivity contribution in [1.82, 2.24) is 0 Å². The van der Waals surface area contributed by atoms with E-state index in [2.05, 4.69) is 79.8 Å². The average Bonchev–Trinajstić information content (AvgIpc) is 3.23. The van der Waals surface area contributed by atoms with E-state index in [0.717, 1.165) is 0 Å². The van der Waals surface area contributed by atoms with Crippen LogP contribution in [-0.2, 0) is 24.7 Å². The Morgan fingerprint density at radius 1 is 0.760 bits per heavy atom. The van der Waals surface area contributed by atoms with Gasteiger partial charge in [-0.3, -0.25) is 0 Å². The van der Waals surface area contributed by atoms with Gasteiger partial charge in [0.2, 0.25) is 0 Å². The van der Waals surface area contributed by atoms with Gasteiger partial charge in [-0.25, -0.2) is 0 Å². The van der Waals surface area contributed by atoms with Crippen molar-refractivity contribution in [3.8, 4) is 0 Å². The molecule has 2 aliphatic rings. The van der Waals surface area contributed by atoms with Crippen LogP contribution in [0.15, 0.2) is 60.7 Å². The molecule has 2 aromatic carbocycles. The second-order valence-electron chi connectivity index (χ2n) is 7.83. The Morgan fingerprint density at radius 2 is 1.20 bits per heavy atom. The molecule has 2 aromatic rings. The molecule has 2 atom stereocenters. The van der Waals surface area contributed by atoms with Crippen LogP contribution in [0.25, 0.3) is 12.2 Å². The Kier molecular flexibility index (Phi) is 4.96. The van der Waals surface area contributed by atoms with Crippen molar-refractivity contribution >= 4 is 12.2 Å². The van der Waals surface area contributed by atoms with Crippen LogP contribution in [0.4, 0.5) is 0 Å². The van der Waals surface area contributed by atoms with E-state index in [9.17, 15) is 0 Å². The van der Waals surface area contributed by atoms with E-state index in [1.807, 2.05) is 0 Å². The van der Waals surface area contributed by atoms with E-state index >= 15 is 0 Å². The van der Waals surface area contributed by atoms with Crippen LogP contribution in [0.5, 0.6) is 0 Å². The molecular formula is C24H25Zr. The monoisotopic (exact) mass is 403 g/mol. The number of allylic oxidation sites excluding steroid dienone is 2. The third kappa shape index (κ3) is 3.82. The summed E-state index contributed by atoms with van der Waals surface area (Å²) in [7, 11) is 0. The van der Waals surface area contributed by atoms with Crippen LogP contribution in [-0.4, -0.2) is 0 Å². The summed E-state index contributed by atoms with van der Waals surface area (Å²) >= 11 is 1.69. The zero-order valence-electron chi connectivity index (χ0n) is 14.9. The van der Waals surface area contributed by atoms with Gasteiger partial charge in [0.1, 0.15) is 0 Å². The summed E-state index contributed by atoms with van der Waals surface area (Å²) in [6.45, 7) is 2.49. The summed E-state index contributed by atoms with van der Waals surface area (Å²) < 4.78 is 0.490. The molecule has 2 aliphatic carbocycles. The zero-order chi connectivity index (χ0) is 17.3. The molecule has 0 amide bonds. The van der Waals surface area contributed by atoms with Crippen molar-refractivity contribution in [1.29, 1.82) is 0 Å². The molecule has 0 spiro atoms. The Hall–Kier alpha value is -1.20. The first-order valence-electron chi connectivity index (χ1n) is 9.42. The van der Waals surface area contributed by atoms with E-state index in [0.29, 0.717) is 15.0 Å². The predicted octanol–water partition coefficient (Wildman–Crippen LogP) is 6.89. The molecule has 0 nitrogen and oxygen atoms in total.